The van der Waals surface area contributed by atoms with Crippen molar-refractivity contribution in [3.8, 4) is 0 Å². The minimum absolute atomic E-state index is 0.188. The Labute approximate surface area is 150 Å². The summed E-state index contributed by atoms with van der Waals surface area (Å²) in [7, 11) is 0. The summed E-state index contributed by atoms with van der Waals surface area (Å²) in [5.74, 6) is 2.57. The van der Waals surface area contributed by atoms with Crippen molar-refractivity contribution in [2.75, 3.05) is 13.2 Å². The second kappa shape index (κ2) is 5.39. The van der Waals surface area contributed by atoms with E-state index in [0.717, 1.165) is 55.9 Å². The number of hydrogen-bond donors (Lipinski definition) is 0. The largest absolute Gasteiger partial charge is 0.347 e. The van der Waals surface area contributed by atoms with E-state index in [1.807, 2.05) is 0 Å². The summed E-state index contributed by atoms with van der Waals surface area (Å²) < 4.78 is 12.5. The molecule has 0 bridgehead atoms. The lowest BCUT2D eigenvalue weighted by Crippen LogP contribution is -2.56. The predicted molar refractivity (Wildman–Crippen MR) is 95.6 cm³/mol. The number of rotatable bonds is 1. The van der Waals surface area contributed by atoms with Crippen LogP contribution in [0.5, 0.6) is 0 Å². The fourth-order valence-electron chi connectivity index (χ4n) is 7.80. The van der Waals surface area contributed by atoms with E-state index < -0.39 is 0 Å². The highest BCUT2D eigenvalue weighted by molar-refractivity contribution is 5.18. The van der Waals surface area contributed by atoms with Crippen molar-refractivity contribution in [3.63, 3.8) is 0 Å². The molecule has 1 saturated heterocycles. The SMILES string of the molecule is C[C@]12CCC(N=O)=CC1CC[C@@H]1[C@@H]2CC[C@@]2(C)[C@H]1CCC21OCCO1. The van der Waals surface area contributed by atoms with E-state index in [-0.39, 0.29) is 11.2 Å². The fourth-order valence-corrected chi connectivity index (χ4v) is 7.80. The number of ether oxygens (including phenoxy) is 2. The molecule has 0 aromatic rings. The monoisotopic (exact) mass is 345 g/mol. The second-order valence-electron chi connectivity index (χ2n) is 9.76. The zero-order valence-corrected chi connectivity index (χ0v) is 15.6. The van der Waals surface area contributed by atoms with Gasteiger partial charge in [0, 0.05) is 11.8 Å². The highest BCUT2D eigenvalue weighted by atomic mass is 16.7. The molecule has 4 nitrogen and oxygen atoms in total. The van der Waals surface area contributed by atoms with Crippen LogP contribution >= 0.6 is 0 Å². The summed E-state index contributed by atoms with van der Waals surface area (Å²) in [6, 6.07) is 0. The van der Waals surface area contributed by atoms with Gasteiger partial charge in [-0.2, -0.15) is 0 Å². The maximum Gasteiger partial charge on any atom is 0.174 e. The number of fused-ring (bicyclic) bond motifs is 6. The lowest BCUT2D eigenvalue weighted by molar-refractivity contribution is -0.245. The molecule has 1 spiro atoms. The van der Waals surface area contributed by atoms with E-state index in [2.05, 4.69) is 25.1 Å². The van der Waals surface area contributed by atoms with Crippen LogP contribution < -0.4 is 0 Å². The molecule has 4 fully saturated rings. The van der Waals surface area contributed by atoms with Crippen LogP contribution in [0.25, 0.3) is 0 Å². The number of hydrogen-bond acceptors (Lipinski definition) is 4. The highest BCUT2D eigenvalue weighted by Crippen LogP contribution is 2.69. The first-order valence-corrected chi connectivity index (χ1v) is 10.3. The van der Waals surface area contributed by atoms with Crippen LogP contribution in [-0.2, 0) is 9.47 Å². The van der Waals surface area contributed by atoms with Gasteiger partial charge in [-0.05, 0) is 79.2 Å². The summed E-state index contributed by atoms with van der Waals surface area (Å²) in [5.41, 5.74) is 1.34. The molecule has 138 valence electrons. The van der Waals surface area contributed by atoms with Gasteiger partial charge in [-0.1, -0.05) is 19.9 Å². The van der Waals surface area contributed by atoms with Crippen molar-refractivity contribution in [1.29, 1.82) is 0 Å². The smallest absolute Gasteiger partial charge is 0.174 e. The van der Waals surface area contributed by atoms with E-state index in [4.69, 9.17) is 9.47 Å². The summed E-state index contributed by atoms with van der Waals surface area (Å²) >= 11 is 0. The Morgan fingerprint density at radius 2 is 1.76 bits per heavy atom. The van der Waals surface area contributed by atoms with Crippen molar-refractivity contribution in [2.24, 2.45) is 39.7 Å². The van der Waals surface area contributed by atoms with Gasteiger partial charge in [0.25, 0.3) is 0 Å². The van der Waals surface area contributed by atoms with Gasteiger partial charge in [-0.15, -0.1) is 4.91 Å². The van der Waals surface area contributed by atoms with Gasteiger partial charge >= 0.3 is 0 Å². The highest BCUT2D eigenvalue weighted by Gasteiger charge is 2.67. The summed E-state index contributed by atoms with van der Waals surface area (Å²) in [6.07, 6.45) is 11.6. The molecule has 0 aromatic carbocycles. The third-order valence-corrected chi connectivity index (χ3v) is 9.17. The van der Waals surface area contributed by atoms with Crippen molar-refractivity contribution >= 4 is 0 Å². The molecule has 0 N–H and O–H groups in total. The van der Waals surface area contributed by atoms with Crippen molar-refractivity contribution in [1.82, 2.24) is 0 Å². The average molecular weight is 345 g/mol. The lowest BCUT2D eigenvalue weighted by Gasteiger charge is -2.60. The zero-order valence-electron chi connectivity index (χ0n) is 15.6. The molecule has 5 rings (SSSR count). The van der Waals surface area contributed by atoms with Crippen LogP contribution in [0.4, 0.5) is 0 Å². The maximum absolute atomic E-state index is 11.0. The zero-order chi connectivity index (χ0) is 17.3. The van der Waals surface area contributed by atoms with Gasteiger partial charge in [-0.3, -0.25) is 0 Å². The molecule has 1 heterocycles. The van der Waals surface area contributed by atoms with Gasteiger partial charge in [0.05, 0.1) is 18.9 Å². The molecule has 6 atom stereocenters. The Balaban J connectivity index is 1.46. The van der Waals surface area contributed by atoms with Crippen molar-refractivity contribution < 1.29 is 9.47 Å². The molecule has 1 unspecified atom stereocenters. The fraction of sp³-hybridized carbons (Fsp3) is 0.905. The van der Waals surface area contributed by atoms with Crippen LogP contribution in [0.2, 0.25) is 0 Å². The van der Waals surface area contributed by atoms with Gasteiger partial charge < -0.3 is 9.47 Å². The number of nitrogens with zero attached hydrogens (tertiary/aromatic N) is 1. The normalized spacial score (nSPS) is 50.7. The average Bonchev–Trinajstić information content (AvgIpc) is 3.21. The van der Waals surface area contributed by atoms with Crippen LogP contribution in [0.15, 0.2) is 16.9 Å². The van der Waals surface area contributed by atoms with Crippen LogP contribution in [-0.4, -0.2) is 19.0 Å². The molecular weight excluding hydrogens is 314 g/mol. The second-order valence-corrected chi connectivity index (χ2v) is 9.76. The number of nitroso groups, excluding NO2 is 1. The lowest BCUT2D eigenvalue weighted by atomic mass is 9.45. The molecule has 3 saturated carbocycles. The van der Waals surface area contributed by atoms with Gasteiger partial charge in [0.1, 0.15) is 0 Å². The van der Waals surface area contributed by atoms with E-state index in [1.54, 1.807) is 0 Å². The molecule has 1 aliphatic heterocycles. The van der Waals surface area contributed by atoms with E-state index in [1.165, 1.54) is 32.1 Å². The van der Waals surface area contributed by atoms with Crippen molar-refractivity contribution in [2.45, 2.75) is 71.0 Å². The Morgan fingerprint density at radius 1 is 1.00 bits per heavy atom. The third kappa shape index (κ3) is 2.01. The standard InChI is InChI=1S/C21H31NO3/c1-19-8-5-15(22-23)13-14(19)3-4-16-17(19)6-9-20(2)18(16)7-10-21(20)24-11-12-25-21/h13-14,16-18H,3-12H2,1-2H3/t14?,16-,17+,18+,19+,20+/m1/s1. The van der Waals surface area contributed by atoms with E-state index in [0.29, 0.717) is 11.3 Å². The Bertz CT molecular complexity index is 610. The molecule has 0 radical (unpaired) electrons. The summed E-state index contributed by atoms with van der Waals surface area (Å²) in [4.78, 5) is 11.0. The molecule has 25 heavy (non-hydrogen) atoms. The Hall–Kier alpha value is -0.740. The predicted octanol–water partition coefficient (Wildman–Crippen LogP) is 5.03. The quantitative estimate of drug-likeness (QED) is 0.626. The van der Waals surface area contributed by atoms with E-state index in [9.17, 15) is 4.91 Å². The molecule has 4 heteroatoms. The Morgan fingerprint density at radius 3 is 2.52 bits per heavy atom. The number of allylic oxidation sites excluding steroid dienone is 2. The van der Waals surface area contributed by atoms with Crippen LogP contribution in [0.3, 0.4) is 0 Å². The third-order valence-electron chi connectivity index (χ3n) is 9.17. The first-order chi connectivity index (χ1) is 12.0. The molecule has 5 aliphatic rings. The summed E-state index contributed by atoms with van der Waals surface area (Å²) in [6.45, 7) is 6.49. The first-order valence-electron chi connectivity index (χ1n) is 10.3. The molecule has 0 aromatic heterocycles. The topological polar surface area (TPSA) is 47.9 Å². The van der Waals surface area contributed by atoms with Crippen LogP contribution in [0, 0.1) is 39.4 Å². The van der Waals surface area contributed by atoms with E-state index >= 15 is 0 Å². The Kier molecular flexibility index (Phi) is 3.54. The van der Waals surface area contributed by atoms with Crippen molar-refractivity contribution in [3.05, 3.63) is 16.7 Å². The maximum atomic E-state index is 11.0. The minimum atomic E-state index is -0.290. The molecule has 0 amide bonds. The van der Waals surface area contributed by atoms with Gasteiger partial charge in [-0.25, -0.2) is 0 Å². The molecular formula is C21H31NO3. The first kappa shape index (κ1) is 16.4. The molecule has 4 aliphatic carbocycles. The summed E-state index contributed by atoms with van der Waals surface area (Å²) in [5, 5.41) is 3.26. The minimum Gasteiger partial charge on any atom is -0.347 e. The van der Waals surface area contributed by atoms with Gasteiger partial charge in [0.15, 0.2) is 5.79 Å². The van der Waals surface area contributed by atoms with Crippen LogP contribution in [0.1, 0.15) is 65.2 Å². The van der Waals surface area contributed by atoms with Gasteiger partial charge in [0.2, 0.25) is 0 Å².